The number of hydrogen-bond acceptors (Lipinski definition) is 6. The molecule has 0 unspecified atom stereocenters. The summed E-state index contributed by atoms with van der Waals surface area (Å²) in [4.78, 5) is 10.7. The van der Waals surface area contributed by atoms with Gasteiger partial charge in [-0.05, 0) is 42.0 Å². The first-order valence-corrected chi connectivity index (χ1v) is 11.8. The molecule has 0 radical (unpaired) electrons. The Bertz CT molecular complexity index is 1220. The van der Waals surface area contributed by atoms with Gasteiger partial charge in [0.2, 0.25) is 10.8 Å². The molecule has 1 fully saturated rings. The van der Waals surface area contributed by atoms with Crippen LogP contribution in [0.3, 0.4) is 0 Å². The lowest BCUT2D eigenvalue weighted by molar-refractivity contribution is 0.211. The Morgan fingerprint density at radius 1 is 1.06 bits per heavy atom. The number of aromatic nitrogens is 3. The van der Waals surface area contributed by atoms with Gasteiger partial charge in [-0.3, -0.25) is 4.90 Å². The van der Waals surface area contributed by atoms with Crippen LogP contribution < -0.4 is 4.90 Å². The molecule has 1 N–H and O–H groups in total. The molecule has 0 spiro atoms. The molecule has 32 heavy (non-hydrogen) atoms. The van der Waals surface area contributed by atoms with Gasteiger partial charge in [-0.25, -0.2) is 9.37 Å². The highest BCUT2D eigenvalue weighted by Crippen LogP contribution is 2.40. The second kappa shape index (κ2) is 8.69. The van der Waals surface area contributed by atoms with Crippen molar-refractivity contribution in [3.63, 3.8) is 0 Å². The van der Waals surface area contributed by atoms with Crippen molar-refractivity contribution < 1.29 is 9.50 Å². The minimum atomic E-state index is -0.229. The third-order valence-electron chi connectivity index (χ3n) is 5.87. The van der Waals surface area contributed by atoms with E-state index in [0.717, 1.165) is 48.7 Å². The van der Waals surface area contributed by atoms with Crippen molar-refractivity contribution in [2.45, 2.75) is 19.4 Å². The molecule has 6 nitrogen and oxygen atoms in total. The fourth-order valence-electron chi connectivity index (χ4n) is 4.18. The number of halogens is 2. The summed E-state index contributed by atoms with van der Waals surface area (Å²) in [7, 11) is 0. The highest BCUT2D eigenvalue weighted by molar-refractivity contribution is 7.17. The lowest BCUT2D eigenvalue weighted by Crippen LogP contribution is -2.47. The van der Waals surface area contributed by atoms with E-state index in [1.807, 2.05) is 43.3 Å². The van der Waals surface area contributed by atoms with Crippen molar-refractivity contribution in [2.24, 2.45) is 0 Å². The Kier molecular flexibility index (Phi) is 5.75. The Labute approximate surface area is 194 Å². The van der Waals surface area contributed by atoms with Crippen LogP contribution in [-0.2, 0) is 6.42 Å². The van der Waals surface area contributed by atoms with Crippen LogP contribution in [0.25, 0.3) is 4.96 Å². The first-order valence-electron chi connectivity index (χ1n) is 10.6. The molecule has 1 atom stereocenters. The summed E-state index contributed by atoms with van der Waals surface area (Å²) < 4.78 is 14.8. The normalized spacial score (nSPS) is 16.0. The summed E-state index contributed by atoms with van der Waals surface area (Å²) in [5.74, 6) is 0.625. The highest BCUT2D eigenvalue weighted by Gasteiger charge is 2.31. The molecule has 166 valence electrons. The summed E-state index contributed by atoms with van der Waals surface area (Å²) in [6.45, 7) is 5.18. The predicted molar refractivity (Wildman–Crippen MR) is 125 cm³/mol. The Morgan fingerprint density at radius 3 is 2.38 bits per heavy atom. The molecule has 1 aliphatic rings. The number of piperazine rings is 1. The van der Waals surface area contributed by atoms with Crippen LogP contribution in [0.5, 0.6) is 5.88 Å². The number of fused-ring (bicyclic) bond motifs is 1. The van der Waals surface area contributed by atoms with E-state index >= 15 is 0 Å². The van der Waals surface area contributed by atoms with Gasteiger partial charge in [0.05, 0.1) is 10.9 Å². The number of thiazole rings is 1. The van der Waals surface area contributed by atoms with Crippen LogP contribution in [0.1, 0.15) is 29.2 Å². The van der Waals surface area contributed by atoms with E-state index in [-0.39, 0.29) is 17.7 Å². The van der Waals surface area contributed by atoms with Gasteiger partial charge in [-0.2, -0.15) is 4.52 Å². The van der Waals surface area contributed by atoms with Crippen LogP contribution in [0.15, 0.2) is 48.5 Å². The predicted octanol–water partition coefficient (Wildman–Crippen LogP) is 4.76. The van der Waals surface area contributed by atoms with Gasteiger partial charge in [0.25, 0.3) is 0 Å². The zero-order chi connectivity index (χ0) is 22.2. The van der Waals surface area contributed by atoms with Gasteiger partial charge in [0.15, 0.2) is 5.82 Å². The fraction of sp³-hybridized carbons (Fsp3) is 0.304. The second-order valence-corrected chi connectivity index (χ2v) is 9.26. The van der Waals surface area contributed by atoms with Crippen molar-refractivity contribution in [3.8, 4) is 5.88 Å². The standard InChI is InChI=1S/C23H23ClFN5OS/c1-2-19-26-23-30(27-19)22(31)21(32-23)20(15-3-5-16(24)6-4-15)29-13-11-28(12-14-29)18-9-7-17(25)8-10-18/h3-10,20,31H,2,11-14H2,1H3/t20-/m0/s1. The SMILES string of the molecule is CCc1nc2sc([C@H](c3ccc(Cl)cc3)N3CCN(c4ccc(F)cc4)CC3)c(O)n2n1. The summed E-state index contributed by atoms with van der Waals surface area (Å²) in [6.07, 6.45) is 0.717. The molecule has 0 aliphatic carbocycles. The molecule has 1 saturated heterocycles. The van der Waals surface area contributed by atoms with Crippen LogP contribution in [0.2, 0.25) is 5.02 Å². The average Bonchev–Trinajstić information content (AvgIpc) is 3.35. The first-order chi connectivity index (χ1) is 15.5. The monoisotopic (exact) mass is 471 g/mol. The Balaban J connectivity index is 1.46. The molecule has 2 aromatic carbocycles. The lowest BCUT2D eigenvalue weighted by atomic mass is 10.0. The fourth-order valence-corrected chi connectivity index (χ4v) is 5.44. The molecular formula is C23H23ClFN5OS. The number of rotatable bonds is 5. The van der Waals surface area contributed by atoms with Gasteiger partial charge in [-0.1, -0.05) is 42.0 Å². The number of aromatic hydroxyl groups is 1. The molecule has 1 aliphatic heterocycles. The average molecular weight is 472 g/mol. The van der Waals surface area contributed by atoms with E-state index in [1.165, 1.54) is 28.0 Å². The number of nitrogens with zero attached hydrogens (tertiary/aromatic N) is 5. The molecule has 4 aromatic rings. The Hall–Kier alpha value is -2.68. The molecule has 5 rings (SSSR count). The van der Waals surface area contributed by atoms with Crippen LogP contribution in [0, 0.1) is 5.82 Å². The topological polar surface area (TPSA) is 56.9 Å². The van der Waals surface area contributed by atoms with Crippen LogP contribution in [0.4, 0.5) is 10.1 Å². The van der Waals surface area contributed by atoms with Crippen molar-refractivity contribution in [3.05, 3.63) is 75.6 Å². The van der Waals surface area contributed by atoms with Crippen molar-refractivity contribution in [2.75, 3.05) is 31.1 Å². The van der Waals surface area contributed by atoms with E-state index in [0.29, 0.717) is 15.8 Å². The smallest absolute Gasteiger partial charge is 0.230 e. The van der Waals surface area contributed by atoms with Crippen LogP contribution in [-0.4, -0.2) is 50.8 Å². The van der Waals surface area contributed by atoms with E-state index < -0.39 is 0 Å². The molecule has 9 heteroatoms. The summed E-state index contributed by atoms with van der Waals surface area (Å²) in [5.41, 5.74) is 2.07. The maximum absolute atomic E-state index is 13.3. The number of benzene rings is 2. The van der Waals surface area contributed by atoms with E-state index in [4.69, 9.17) is 11.6 Å². The third-order valence-corrected chi connectivity index (χ3v) is 7.19. The van der Waals surface area contributed by atoms with Crippen molar-refractivity contribution in [1.29, 1.82) is 0 Å². The number of anilines is 1. The molecule has 0 saturated carbocycles. The first kappa shape index (κ1) is 21.2. The highest BCUT2D eigenvalue weighted by atomic mass is 35.5. The van der Waals surface area contributed by atoms with Gasteiger partial charge in [0.1, 0.15) is 5.82 Å². The summed E-state index contributed by atoms with van der Waals surface area (Å²) in [6, 6.07) is 14.3. The van der Waals surface area contributed by atoms with Gasteiger partial charge < -0.3 is 10.0 Å². The second-order valence-electron chi connectivity index (χ2n) is 7.82. The number of aryl methyl sites for hydroxylation is 1. The van der Waals surface area contributed by atoms with Crippen molar-refractivity contribution in [1.82, 2.24) is 19.5 Å². The van der Waals surface area contributed by atoms with Crippen LogP contribution >= 0.6 is 22.9 Å². The molecule has 2 aromatic heterocycles. The maximum atomic E-state index is 13.3. The molecule has 0 bridgehead atoms. The third kappa shape index (κ3) is 3.94. The van der Waals surface area contributed by atoms with Gasteiger partial charge in [0, 0.05) is 43.3 Å². The zero-order valence-corrected chi connectivity index (χ0v) is 19.2. The number of hydrogen-bond donors (Lipinski definition) is 1. The summed E-state index contributed by atoms with van der Waals surface area (Å²) >= 11 is 7.61. The molecule has 0 amide bonds. The largest absolute Gasteiger partial charge is 0.492 e. The van der Waals surface area contributed by atoms with E-state index in [1.54, 1.807) is 0 Å². The molecular weight excluding hydrogens is 449 g/mol. The Morgan fingerprint density at radius 2 is 1.75 bits per heavy atom. The van der Waals surface area contributed by atoms with Gasteiger partial charge in [-0.15, -0.1) is 5.10 Å². The quantitative estimate of drug-likeness (QED) is 0.454. The lowest BCUT2D eigenvalue weighted by Gasteiger charge is -2.40. The minimum absolute atomic E-state index is 0.137. The van der Waals surface area contributed by atoms with E-state index in [9.17, 15) is 9.50 Å². The van der Waals surface area contributed by atoms with Gasteiger partial charge >= 0.3 is 0 Å². The maximum Gasteiger partial charge on any atom is 0.230 e. The van der Waals surface area contributed by atoms with Crippen molar-refractivity contribution >= 4 is 33.6 Å². The summed E-state index contributed by atoms with van der Waals surface area (Å²) in [5, 5.41) is 16.2. The van der Waals surface area contributed by atoms with E-state index in [2.05, 4.69) is 19.9 Å². The molecule has 3 heterocycles. The minimum Gasteiger partial charge on any atom is -0.492 e. The zero-order valence-electron chi connectivity index (χ0n) is 17.6.